The Bertz CT molecular complexity index is 1680. The molecular weight excluding hydrogens is 633 g/mol. The van der Waals surface area contributed by atoms with E-state index in [1.54, 1.807) is 0 Å². The highest BCUT2D eigenvalue weighted by atomic mass is 32.2. The normalized spacial score (nSPS) is 24.2. The number of hydrogen-bond donors (Lipinski definition) is 4. The lowest BCUT2D eigenvalue weighted by atomic mass is 9.78. The Labute approximate surface area is 261 Å². The van der Waals surface area contributed by atoms with E-state index in [0.717, 1.165) is 18.5 Å². The molecule has 45 heavy (non-hydrogen) atoms. The van der Waals surface area contributed by atoms with E-state index in [1.165, 1.54) is 35.7 Å². The molecule has 2 heterocycles. The van der Waals surface area contributed by atoms with Crippen LogP contribution in [-0.4, -0.2) is 52.6 Å². The van der Waals surface area contributed by atoms with Crippen LogP contribution in [0.3, 0.4) is 0 Å². The van der Waals surface area contributed by atoms with Gasteiger partial charge in [-0.3, -0.25) is 9.59 Å². The number of carbonyl (C=O) groups is 2. The molecule has 2 fully saturated rings. The summed E-state index contributed by atoms with van der Waals surface area (Å²) in [6.45, 7) is 0. The number of carbonyl (C=O) groups excluding carboxylic acids is 2. The molecule has 5 rings (SSSR count). The number of sulfone groups is 1. The molecule has 2 saturated carbocycles. The van der Waals surface area contributed by atoms with Crippen LogP contribution < -0.4 is 16.4 Å². The van der Waals surface area contributed by atoms with Crippen LogP contribution in [0.1, 0.15) is 62.1 Å². The van der Waals surface area contributed by atoms with E-state index in [-0.39, 0.29) is 46.2 Å². The summed E-state index contributed by atoms with van der Waals surface area (Å²) < 4.78 is 64.3. The fraction of sp³-hybridized carbons (Fsp3) is 0.483. The third-order valence-electron chi connectivity index (χ3n) is 8.38. The van der Waals surface area contributed by atoms with E-state index in [9.17, 15) is 36.3 Å². The number of thiazole rings is 1. The zero-order chi connectivity index (χ0) is 32.6. The van der Waals surface area contributed by atoms with Crippen molar-refractivity contribution in [3.05, 3.63) is 47.4 Å². The second kappa shape index (κ2) is 12.6. The van der Waals surface area contributed by atoms with E-state index >= 15 is 0 Å². The van der Waals surface area contributed by atoms with Crippen LogP contribution in [0.2, 0.25) is 0 Å². The lowest BCUT2D eigenvalue weighted by molar-refractivity contribution is -0.141. The van der Waals surface area contributed by atoms with E-state index in [0.29, 0.717) is 66.8 Å². The average Bonchev–Trinajstić information content (AvgIpc) is 3.49. The quantitative estimate of drug-likeness (QED) is 0.273. The molecule has 2 aliphatic carbocycles. The summed E-state index contributed by atoms with van der Waals surface area (Å²) in [5.41, 5.74) is 3.53. The van der Waals surface area contributed by atoms with Gasteiger partial charge in [0.2, 0.25) is 17.8 Å². The first kappa shape index (κ1) is 32.8. The molecule has 1 aromatic carbocycles. The van der Waals surface area contributed by atoms with Gasteiger partial charge in [0, 0.05) is 42.2 Å². The van der Waals surface area contributed by atoms with Gasteiger partial charge in [-0.05, 0) is 81.2 Å². The van der Waals surface area contributed by atoms with Crippen LogP contribution in [0.25, 0.3) is 10.4 Å². The Hall–Kier alpha value is -3.63. The maximum absolute atomic E-state index is 13.1. The number of hydrogen-bond acceptors (Lipinski definition) is 10. The lowest BCUT2D eigenvalue weighted by Gasteiger charge is -2.35. The van der Waals surface area contributed by atoms with Gasteiger partial charge in [0.1, 0.15) is 16.3 Å². The summed E-state index contributed by atoms with van der Waals surface area (Å²) in [4.78, 5) is 36.5. The third-order valence-corrected chi connectivity index (χ3v) is 10.7. The zero-order valence-electron chi connectivity index (χ0n) is 24.3. The maximum Gasteiger partial charge on any atom is 0.433 e. The van der Waals surface area contributed by atoms with Gasteiger partial charge in [-0.1, -0.05) is 0 Å². The molecule has 0 spiro atoms. The van der Waals surface area contributed by atoms with Crippen molar-refractivity contribution in [1.82, 2.24) is 20.3 Å². The molecule has 0 bridgehead atoms. The summed E-state index contributed by atoms with van der Waals surface area (Å²) in [6.07, 6.45) is 2.98. The lowest BCUT2D eigenvalue weighted by Crippen LogP contribution is -2.44. The molecule has 5 N–H and O–H groups in total. The van der Waals surface area contributed by atoms with Gasteiger partial charge in [0.05, 0.1) is 9.77 Å². The molecule has 0 saturated heterocycles. The Morgan fingerprint density at radius 1 is 1.04 bits per heavy atom. The molecule has 16 heteroatoms. The number of nitrogens with one attached hydrogen (secondary N) is 2. The minimum atomic E-state index is -4.69. The number of aliphatic hydroxyl groups is 1. The Kier molecular flexibility index (Phi) is 9.20. The largest absolute Gasteiger partial charge is 0.433 e. The number of benzene rings is 1. The smallest absolute Gasteiger partial charge is 0.383 e. The van der Waals surface area contributed by atoms with Crippen molar-refractivity contribution in [2.24, 2.45) is 17.6 Å². The highest BCUT2D eigenvalue weighted by molar-refractivity contribution is 7.90. The van der Waals surface area contributed by atoms with E-state index in [1.807, 2.05) is 0 Å². The van der Waals surface area contributed by atoms with Gasteiger partial charge in [0.25, 0.3) is 0 Å². The van der Waals surface area contributed by atoms with Gasteiger partial charge in [-0.2, -0.15) is 13.2 Å². The number of nitrogens with two attached hydrogens (primary N) is 1. The van der Waals surface area contributed by atoms with Crippen molar-refractivity contribution < 1.29 is 36.3 Å². The predicted molar refractivity (Wildman–Crippen MR) is 160 cm³/mol. The summed E-state index contributed by atoms with van der Waals surface area (Å²) in [5, 5.41) is 17.6. The standard InChI is InChI=1S/C29H33F3N6O5S2/c1-45(42,43)21-13-18(12-20(14-21)37-27-34-11-8-23(38-27)29(30,31)32)22-15-35-26(44-22)28(41)9-6-17(7-10-28)25(40)36-19-4-2-16(3-5-19)24(33)39/h8,11-17,19,41H,2-7,9-10H2,1H3,(H2,33,39)(H,36,40)(H,34,37,38)/t16?,17-,19?,28-. The minimum Gasteiger partial charge on any atom is -0.383 e. The first-order chi connectivity index (χ1) is 21.1. The molecule has 0 radical (unpaired) electrons. The van der Waals surface area contributed by atoms with Crippen molar-refractivity contribution >= 4 is 44.6 Å². The average molecular weight is 667 g/mol. The molecule has 2 aliphatic rings. The molecular formula is C29H33F3N6O5S2. The summed E-state index contributed by atoms with van der Waals surface area (Å²) in [6, 6.07) is 4.96. The Morgan fingerprint density at radius 3 is 2.36 bits per heavy atom. The number of nitrogens with zero attached hydrogens (tertiary/aromatic N) is 3. The maximum atomic E-state index is 13.1. The topological polar surface area (TPSA) is 177 Å². The highest BCUT2D eigenvalue weighted by Crippen LogP contribution is 2.43. The summed E-state index contributed by atoms with van der Waals surface area (Å²) in [5.74, 6) is -1.15. The SMILES string of the molecule is CS(=O)(=O)c1cc(Nc2nccc(C(F)(F)F)n2)cc(-c2cnc([C@]3(O)CC[C@H](C(=O)NC4CCC(C(N)=O)CC4)CC3)s2)c1. The van der Waals surface area contributed by atoms with Crippen molar-refractivity contribution in [2.45, 2.75) is 74.1 Å². The second-order valence-corrected chi connectivity index (χ2v) is 14.7. The monoisotopic (exact) mass is 666 g/mol. The number of alkyl halides is 3. The number of halogens is 3. The molecule has 2 amide bonds. The van der Waals surface area contributed by atoms with Gasteiger partial charge in [-0.25, -0.2) is 23.4 Å². The number of aromatic nitrogens is 3. The third kappa shape index (κ3) is 7.79. The van der Waals surface area contributed by atoms with Crippen molar-refractivity contribution in [1.29, 1.82) is 0 Å². The van der Waals surface area contributed by atoms with E-state index in [4.69, 9.17) is 5.73 Å². The van der Waals surface area contributed by atoms with Gasteiger partial charge in [0.15, 0.2) is 9.84 Å². The van der Waals surface area contributed by atoms with Crippen LogP contribution in [-0.2, 0) is 31.2 Å². The number of anilines is 2. The first-order valence-corrected chi connectivity index (χ1v) is 17.1. The van der Waals surface area contributed by atoms with Crippen LogP contribution in [0.5, 0.6) is 0 Å². The van der Waals surface area contributed by atoms with E-state index < -0.39 is 27.3 Å². The predicted octanol–water partition coefficient (Wildman–Crippen LogP) is 4.30. The van der Waals surface area contributed by atoms with Crippen LogP contribution in [0, 0.1) is 11.8 Å². The van der Waals surface area contributed by atoms with Crippen LogP contribution in [0.4, 0.5) is 24.8 Å². The van der Waals surface area contributed by atoms with Crippen LogP contribution >= 0.6 is 11.3 Å². The van der Waals surface area contributed by atoms with Gasteiger partial charge in [-0.15, -0.1) is 11.3 Å². The molecule has 0 unspecified atom stereocenters. The van der Waals surface area contributed by atoms with Crippen molar-refractivity contribution in [3.63, 3.8) is 0 Å². The molecule has 0 aliphatic heterocycles. The van der Waals surface area contributed by atoms with Crippen LogP contribution in [0.15, 0.2) is 41.6 Å². The second-order valence-electron chi connectivity index (χ2n) is 11.7. The van der Waals surface area contributed by atoms with Crippen molar-refractivity contribution in [2.75, 3.05) is 11.6 Å². The molecule has 0 atom stereocenters. The first-order valence-electron chi connectivity index (χ1n) is 14.4. The molecule has 11 nitrogen and oxygen atoms in total. The van der Waals surface area contributed by atoms with E-state index in [2.05, 4.69) is 25.6 Å². The van der Waals surface area contributed by atoms with Gasteiger partial charge >= 0.3 is 6.18 Å². The van der Waals surface area contributed by atoms with Gasteiger partial charge < -0.3 is 21.5 Å². The fourth-order valence-electron chi connectivity index (χ4n) is 5.77. The minimum absolute atomic E-state index is 0.00217. The summed E-state index contributed by atoms with van der Waals surface area (Å²) in [7, 11) is -3.72. The number of rotatable bonds is 8. The Balaban J connectivity index is 1.28. The number of primary amides is 1. The molecule has 242 valence electrons. The summed E-state index contributed by atoms with van der Waals surface area (Å²) >= 11 is 1.17. The Morgan fingerprint density at radius 2 is 1.73 bits per heavy atom. The van der Waals surface area contributed by atoms with Crippen molar-refractivity contribution in [3.8, 4) is 10.4 Å². The fourth-order valence-corrected chi connectivity index (χ4v) is 7.50. The highest BCUT2D eigenvalue weighted by Gasteiger charge is 2.40. The zero-order valence-corrected chi connectivity index (χ0v) is 25.9. The number of amides is 2. The molecule has 3 aromatic rings. The molecule has 2 aromatic heterocycles.